The lowest BCUT2D eigenvalue weighted by molar-refractivity contribution is -0.125. The van der Waals surface area contributed by atoms with Crippen LogP contribution in [0.4, 0.5) is 10.5 Å². The first kappa shape index (κ1) is 21.1. The van der Waals surface area contributed by atoms with Gasteiger partial charge in [-0.15, -0.1) is 0 Å². The van der Waals surface area contributed by atoms with Crippen molar-refractivity contribution in [3.8, 4) is 0 Å². The van der Waals surface area contributed by atoms with Crippen LogP contribution in [-0.4, -0.2) is 41.6 Å². The van der Waals surface area contributed by atoms with Gasteiger partial charge in [0.2, 0.25) is 5.91 Å². The van der Waals surface area contributed by atoms with E-state index in [0.717, 1.165) is 5.69 Å². The maximum Gasteiger partial charge on any atom is 0.411 e. The summed E-state index contributed by atoms with van der Waals surface area (Å²) in [6.07, 6.45) is -0.829. The van der Waals surface area contributed by atoms with Crippen LogP contribution in [0.5, 0.6) is 0 Å². The number of nitrogens with two attached hydrogens (primary N) is 1. The Balaban J connectivity index is 2.93. The predicted octanol–water partition coefficient (Wildman–Crippen LogP) is 3.50. The highest BCUT2D eigenvalue weighted by Gasteiger charge is 2.35. The van der Waals surface area contributed by atoms with Gasteiger partial charge < -0.3 is 15.8 Å². The van der Waals surface area contributed by atoms with E-state index in [1.165, 1.54) is 4.90 Å². The highest BCUT2D eigenvalue weighted by molar-refractivity contribution is 6.30. The molecular weight excluding hydrogens is 342 g/mol. The summed E-state index contributed by atoms with van der Waals surface area (Å²) in [7, 11) is 0. The molecule has 0 aliphatic heterocycles. The fraction of sp³-hybridized carbons (Fsp3) is 0.556. The third kappa shape index (κ3) is 6.46. The molecule has 0 radical (unpaired) electrons. The van der Waals surface area contributed by atoms with Gasteiger partial charge in [0.25, 0.3) is 0 Å². The van der Waals surface area contributed by atoms with E-state index in [1.54, 1.807) is 26.0 Å². The Hall–Kier alpha value is -1.95. The Morgan fingerprint density at radius 2 is 1.72 bits per heavy atom. The number of nitrogens with zero attached hydrogens (tertiary/aromatic N) is 1. The molecule has 3 N–H and O–H groups in total. The Kier molecular flexibility index (Phi) is 8.03. The largest absolute Gasteiger partial charge is 0.447 e. The highest BCUT2D eigenvalue weighted by atomic mass is 35.5. The molecule has 1 aromatic carbocycles. The van der Waals surface area contributed by atoms with Gasteiger partial charge in [-0.25, -0.2) is 4.79 Å². The Labute approximate surface area is 154 Å². The van der Waals surface area contributed by atoms with Gasteiger partial charge in [-0.1, -0.05) is 25.4 Å². The van der Waals surface area contributed by atoms with Crippen LogP contribution >= 0.6 is 11.6 Å². The van der Waals surface area contributed by atoms with Crippen molar-refractivity contribution in [2.75, 3.05) is 11.9 Å². The molecule has 0 saturated carbocycles. The van der Waals surface area contributed by atoms with Crippen molar-refractivity contribution in [1.29, 1.82) is 0 Å². The molecule has 1 unspecified atom stereocenters. The molecule has 0 heterocycles. The molecule has 0 aliphatic rings. The van der Waals surface area contributed by atoms with Crippen LogP contribution < -0.4 is 11.1 Å². The molecule has 6 nitrogen and oxygen atoms in total. The number of nitrogens with one attached hydrogen (secondary N) is 1. The lowest BCUT2D eigenvalue weighted by Crippen LogP contribution is -2.56. The van der Waals surface area contributed by atoms with Crippen LogP contribution in [0.25, 0.3) is 0 Å². The number of hydrogen-bond donors (Lipinski definition) is 2. The van der Waals surface area contributed by atoms with Gasteiger partial charge in [0.15, 0.2) is 0 Å². The highest BCUT2D eigenvalue weighted by Crippen LogP contribution is 2.18. The number of amides is 2. The van der Waals surface area contributed by atoms with Crippen molar-refractivity contribution in [3.63, 3.8) is 0 Å². The SMILES string of the molecule is CC(C)OC(=O)N(C(C)CNc1ccc(Cl)cc1)[C@H](C(N)=O)C(C)C. The van der Waals surface area contributed by atoms with E-state index < -0.39 is 18.0 Å². The number of carbonyl (C=O) groups excluding carboxylic acids is 2. The second-order valence-electron chi connectivity index (χ2n) is 6.67. The summed E-state index contributed by atoms with van der Waals surface area (Å²) in [5.74, 6) is -0.677. The van der Waals surface area contributed by atoms with E-state index in [4.69, 9.17) is 22.1 Å². The zero-order chi connectivity index (χ0) is 19.1. The van der Waals surface area contributed by atoms with Crippen molar-refractivity contribution in [3.05, 3.63) is 29.3 Å². The van der Waals surface area contributed by atoms with Crippen LogP contribution in [0.2, 0.25) is 5.02 Å². The first-order chi connectivity index (χ1) is 11.6. The van der Waals surface area contributed by atoms with E-state index in [9.17, 15) is 9.59 Å². The van der Waals surface area contributed by atoms with Crippen LogP contribution in [0, 0.1) is 5.92 Å². The number of carbonyl (C=O) groups is 2. The van der Waals surface area contributed by atoms with Crippen molar-refractivity contribution >= 4 is 29.3 Å². The van der Waals surface area contributed by atoms with Crippen molar-refractivity contribution in [1.82, 2.24) is 4.90 Å². The number of anilines is 1. The monoisotopic (exact) mass is 369 g/mol. The van der Waals surface area contributed by atoms with Gasteiger partial charge >= 0.3 is 6.09 Å². The van der Waals surface area contributed by atoms with E-state index >= 15 is 0 Å². The molecule has 0 fully saturated rings. The predicted molar refractivity (Wildman–Crippen MR) is 101 cm³/mol. The molecule has 1 rings (SSSR count). The first-order valence-electron chi connectivity index (χ1n) is 8.41. The molecule has 0 saturated heterocycles. The average Bonchev–Trinajstić information content (AvgIpc) is 2.49. The van der Waals surface area contributed by atoms with Crippen LogP contribution in [0.15, 0.2) is 24.3 Å². The third-order valence-corrected chi connectivity index (χ3v) is 3.94. The number of ether oxygens (including phenoxy) is 1. The molecule has 0 bridgehead atoms. The summed E-state index contributed by atoms with van der Waals surface area (Å²) in [4.78, 5) is 25.9. The Morgan fingerprint density at radius 1 is 1.16 bits per heavy atom. The van der Waals surface area contributed by atoms with Crippen LogP contribution in [0.3, 0.4) is 0 Å². The second-order valence-corrected chi connectivity index (χ2v) is 7.10. The maximum atomic E-state index is 12.6. The molecule has 25 heavy (non-hydrogen) atoms. The number of primary amides is 1. The Morgan fingerprint density at radius 3 is 2.16 bits per heavy atom. The lowest BCUT2D eigenvalue weighted by Gasteiger charge is -2.36. The molecule has 1 aromatic rings. The van der Waals surface area contributed by atoms with E-state index in [2.05, 4.69) is 5.32 Å². The van der Waals surface area contributed by atoms with Crippen LogP contribution in [-0.2, 0) is 9.53 Å². The van der Waals surface area contributed by atoms with Crippen LogP contribution in [0.1, 0.15) is 34.6 Å². The van der Waals surface area contributed by atoms with Gasteiger partial charge in [-0.2, -0.15) is 0 Å². The minimum absolute atomic E-state index is 0.129. The minimum Gasteiger partial charge on any atom is -0.447 e. The molecule has 0 aliphatic carbocycles. The minimum atomic E-state index is -0.742. The average molecular weight is 370 g/mol. The van der Waals surface area contributed by atoms with Gasteiger partial charge in [0, 0.05) is 17.3 Å². The van der Waals surface area contributed by atoms with Gasteiger partial charge in [-0.3, -0.25) is 9.69 Å². The zero-order valence-corrected chi connectivity index (χ0v) is 16.2. The maximum absolute atomic E-state index is 12.6. The molecule has 0 aromatic heterocycles. The summed E-state index contributed by atoms with van der Waals surface area (Å²) >= 11 is 5.88. The van der Waals surface area contributed by atoms with E-state index in [0.29, 0.717) is 11.6 Å². The fourth-order valence-corrected chi connectivity index (χ4v) is 2.67. The van der Waals surface area contributed by atoms with E-state index in [-0.39, 0.29) is 18.1 Å². The summed E-state index contributed by atoms with van der Waals surface area (Å²) < 4.78 is 5.32. The molecule has 7 heteroatoms. The summed E-state index contributed by atoms with van der Waals surface area (Å²) in [5, 5.41) is 3.88. The fourth-order valence-electron chi connectivity index (χ4n) is 2.55. The van der Waals surface area contributed by atoms with Crippen molar-refractivity contribution in [2.24, 2.45) is 11.7 Å². The molecule has 2 atom stereocenters. The van der Waals surface area contributed by atoms with Crippen molar-refractivity contribution < 1.29 is 14.3 Å². The standard InChI is InChI=1S/C18H28ClN3O3/c1-11(2)16(17(20)23)22(18(24)25-12(3)4)13(5)10-21-15-8-6-14(19)7-9-15/h6-9,11-13,16,21H,10H2,1-5H3,(H2,20,23)/t13?,16-/m0/s1. The smallest absolute Gasteiger partial charge is 0.411 e. The summed E-state index contributed by atoms with van der Waals surface area (Å²) in [5.41, 5.74) is 6.41. The molecule has 0 spiro atoms. The topological polar surface area (TPSA) is 84.7 Å². The number of halogens is 1. The second kappa shape index (κ2) is 9.51. The first-order valence-corrected chi connectivity index (χ1v) is 8.79. The van der Waals surface area contributed by atoms with Crippen molar-refractivity contribution in [2.45, 2.75) is 52.8 Å². The number of hydrogen-bond acceptors (Lipinski definition) is 4. The lowest BCUT2D eigenvalue weighted by atomic mass is 10.0. The van der Waals surface area contributed by atoms with Gasteiger partial charge in [0.1, 0.15) is 6.04 Å². The summed E-state index contributed by atoms with van der Waals surface area (Å²) in [6, 6.07) is 6.20. The third-order valence-electron chi connectivity index (χ3n) is 3.69. The molecular formula is C18H28ClN3O3. The van der Waals surface area contributed by atoms with E-state index in [1.807, 2.05) is 32.9 Å². The molecule has 2 amide bonds. The molecule has 140 valence electrons. The number of benzene rings is 1. The van der Waals surface area contributed by atoms with Gasteiger partial charge in [-0.05, 0) is 51.0 Å². The normalized spacial score (nSPS) is 13.4. The van der Waals surface area contributed by atoms with Gasteiger partial charge in [0.05, 0.1) is 12.1 Å². The number of rotatable bonds is 8. The quantitative estimate of drug-likeness (QED) is 0.734. The summed E-state index contributed by atoms with van der Waals surface area (Å²) in [6.45, 7) is 9.52. The Bertz CT molecular complexity index is 575. The zero-order valence-electron chi connectivity index (χ0n) is 15.5.